The zero-order valence-corrected chi connectivity index (χ0v) is 8.11. The number of pyridine rings is 1. The second-order valence-electron chi connectivity index (χ2n) is 2.95. The van der Waals surface area contributed by atoms with Crippen molar-refractivity contribution in [3.05, 3.63) is 33.1 Å². The molecule has 8 heteroatoms. The molecule has 1 heterocycles. The van der Waals surface area contributed by atoms with Crippen LogP contribution in [0.15, 0.2) is 6.07 Å². The fourth-order valence-corrected chi connectivity index (χ4v) is 1.16. The van der Waals surface area contributed by atoms with Crippen LogP contribution in [-0.2, 0) is 0 Å². The van der Waals surface area contributed by atoms with Crippen LogP contribution in [0.4, 0.5) is 14.5 Å². The maximum Gasteiger partial charge on any atom is 0.290 e. The third kappa shape index (κ3) is 2.10. The van der Waals surface area contributed by atoms with Crippen molar-refractivity contribution in [1.82, 2.24) is 4.98 Å². The Bertz CT molecular complexity index is 462. The molecule has 0 aliphatic rings. The highest BCUT2D eigenvalue weighted by atomic mass is 19.3. The van der Waals surface area contributed by atoms with E-state index in [0.29, 0.717) is 6.07 Å². The van der Waals surface area contributed by atoms with E-state index < -0.39 is 34.2 Å². The van der Waals surface area contributed by atoms with Gasteiger partial charge in [0.05, 0.1) is 10.5 Å². The molecule has 0 aliphatic carbocycles. The maximum absolute atomic E-state index is 12.5. The van der Waals surface area contributed by atoms with Crippen molar-refractivity contribution in [2.75, 3.05) is 0 Å². The van der Waals surface area contributed by atoms with Crippen LogP contribution in [0.25, 0.3) is 0 Å². The third-order valence-corrected chi connectivity index (χ3v) is 1.88. The van der Waals surface area contributed by atoms with Crippen molar-refractivity contribution < 1.29 is 18.5 Å². The first-order valence-electron chi connectivity index (χ1n) is 4.08. The van der Waals surface area contributed by atoms with Crippen LogP contribution in [0.1, 0.15) is 28.2 Å². The fraction of sp³-hybridized carbons (Fsp3) is 0.250. The highest BCUT2D eigenvalue weighted by Crippen LogP contribution is 2.27. The zero-order valence-electron chi connectivity index (χ0n) is 8.11. The van der Waals surface area contributed by atoms with Crippen LogP contribution in [0.5, 0.6) is 0 Å². The van der Waals surface area contributed by atoms with Gasteiger partial charge >= 0.3 is 0 Å². The highest BCUT2D eigenvalue weighted by molar-refractivity contribution is 5.92. The number of hydrogen-bond donors (Lipinski definition) is 1. The summed E-state index contributed by atoms with van der Waals surface area (Å²) in [6.45, 7) is 1.24. The Hall–Kier alpha value is -2.12. The number of alkyl halides is 2. The molecular weight excluding hydrogens is 224 g/mol. The average Bonchev–Trinajstić information content (AvgIpc) is 2.15. The van der Waals surface area contributed by atoms with Crippen molar-refractivity contribution in [3.63, 3.8) is 0 Å². The molecule has 0 aliphatic heterocycles. The zero-order chi connectivity index (χ0) is 12.5. The van der Waals surface area contributed by atoms with Crippen LogP contribution >= 0.6 is 0 Å². The van der Waals surface area contributed by atoms with E-state index in [2.05, 4.69) is 4.98 Å². The molecule has 1 aromatic rings. The van der Waals surface area contributed by atoms with Gasteiger partial charge in [-0.1, -0.05) is 0 Å². The molecule has 0 aromatic carbocycles. The Morgan fingerprint density at radius 3 is 2.56 bits per heavy atom. The van der Waals surface area contributed by atoms with Gasteiger partial charge in [-0.25, -0.2) is 13.8 Å². The fourth-order valence-electron chi connectivity index (χ4n) is 1.16. The van der Waals surface area contributed by atoms with Crippen LogP contribution in [0.3, 0.4) is 0 Å². The number of nitrogens with zero attached hydrogens (tertiary/aromatic N) is 2. The molecule has 6 nitrogen and oxygen atoms in total. The molecule has 86 valence electrons. The molecule has 0 spiro atoms. The molecule has 0 fully saturated rings. The minimum Gasteiger partial charge on any atom is -0.364 e. The molecule has 0 unspecified atom stereocenters. The lowest BCUT2D eigenvalue weighted by atomic mass is 10.1. The van der Waals surface area contributed by atoms with Crippen LogP contribution in [0, 0.1) is 17.0 Å². The number of halogens is 2. The lowest BCUT2D eigenvalue weighted by Gasteiger charge is -2.06. The second kappa shape index (κ2) is 4.17. The minimum atomic E-state index is -3.05. The molecular formula is C8H7F2N3O3. The normalized spacial score (nSPS) is 10.5. The minimum absolute atomic E-state index is 0.136. The number of aryl methyl sites for hydroxylation is 1. The van der Waals surface area contributed by atoms with E-state index in [4.69, 9.17) is 5.73 Å². The monoisotopic (exact) mass is 231 g/mol. The summed E-state index contributed by atoms with van der Waals surface area (Å²) in [5.41, 5.74) is 2.67. The molecule has 0 atom stereocenters. The van der Waals surface area contributed by atoms with Gasteiger partial charge in [-0.3, -0.25) is 14.9 Å². The Morgan fingerprint density at radius 1 is 1.62 bits per heavy atom. The number of nitro groups is 1. The van der Waals surface area contributed by atoms with Gasteiger partial charge in [-0.15, -0.1) is 0 Å². The van der Waals surface area contributed by atoms with Crippen molar-refractivity contribution in [3.8, 4) is 0 Å². The van der Waals surface area contributed by atoms with Crippen LogP contribution in [-0.4, -0.2) is 15.8 Å². The van der Waals surface area contributed by atoms with Crippen LogP contribution in [0.2, 0.25) is 0 Å². The van der Waals surface area contributed by atoms with Crippen molar-refractivity contribution >= 4 is 11.6 Å². The average molecular weight is 231 g/mol. The van der Waals surface area contributed by atoms with Gasteiger partial charge in [0.25, 0.3) is 18.0 Å². The Kier molecular flexibility index (Phi) is 3.11. The maximum atomic E-state index is 12.5. The first kappa shape index (κ1) is 12.0. The number of carbonyl (C=O) groups is 1. The van der Waals surface area contributed by atoms with E-state index in [-0.39, 0.29) is 5.69 Å². The lowest BCUT2D eigenvalue weighted by Crippen LogP contribution is -2.17. The molecule has 0 saturated heterocycles. The number of aromatic nitrogens is 1. The number of hydrogen-bond acceptors (Lipinski definition) is 4. The number of primary amides is 1. The number of rotatable bonds is 3. The summed E-state index contributed by atoms with van der Waals surface area (Å²) < 4.78 is 25.0. The second-order valence-corrected chi connectivity index (χ2v) is 2.95. The Balaban J connectivity index is 3.49. The molecule has 0 radical (unpaired) electrons. The number of carbonyl (C=O) groups excluding carboxylic acids is 1. The molecule has 1 aromatic heterocycles. The predicted molar refractivity (Wildman–Crippen MR) is 49.1 cm³/mol. The number of amides is 1. The third-order valence-electron chi connectivity index (χ3n) is 1.88. The first-order valence-corrected chi connectivity index (χ1v) is 4.08. The van der Waals surface area contributed by atoms with Crippen LogP contribution < -0.4 is 5.73 Å². The molecule has 1 rings (SSSR count). The molecule has 1 amide bonds. The summed E-state index contributed by atoms with van der Waals surface area (Å²) in [7, 11) is 0. The SMILES string of the molecule is Cc1nc(C(N)=O)c(C(F)F)cc1[N+](=O)[O-]. The lowest BCUT2D eigenvalue weighted by molar-refractivity contribution is -0.385. The Labute approximate surface area is 88.2 Å². The topological polar surface area (TPSA) is 99.1 Å². The molecule has 2 N–H and O–H groups in total. The Morgan fingerprint density at radius 2 is 2.19 bits per heavy atom. The summed E-state index contributed by atoms with van der Waals surface area (Å²) in [5.74, 6) is -1.15. The van der Waals surface area contributed by atoms with Gasteiger partial charge in [-0.2, -0.15) is 0 Å². The largest absolute Gasteiger partial charge is 0.364 e. The number of nitrogens with two attached hydrogens (primary N) is 1. The van der Waals surface area contributed by atoms with Gasteiger partial charge < -0.3 is 5.73 Å². The predicted octanol–water partition coefficient (Wildman–Crippen LogP) is 1.33. The quantitative estimate of drug-likeness (QED) is 0.626. The van der Waals surface area contributed by atoms with Crippen molar-refractivity contribution in [2.24, 2.45) is 5.73 Å². The van der Waals surface area contributed by atoms with Crippen molar-refractivity contribution in [1.29, 1.82) is 0 Å². The molecule has 16 heavy (non-hydrogen) atoms. The van der Waals surface area contributed by atoms with Gasteiger partial charge in [-0.05, 0) is 6.92 Å². The highest BCUT2D eigenvalue weighted by Gasteiger charge is 2.24. The van der Waals surface area contributed by atoms with Crippen molar-refractivity contribution in [2.45, 2.75) is 13.3 Å². The van der Waals surface area contributed by atoms with Gasteiger partial charge in [0.1, 0.15) is 11.4 Å². The first-order chi connectivity index (χ1) is 7.34. The summed E-state index contributed by atoms with van der Waals surface area (Å²) in [4.78, 5) is 23.9. The van der Waals surface area contributed by atoms with Gasteiger partial charge in [0.15, 0.2) is 0 Å². The summed E-state index contributed by atoms with van der Waals surface area (Å²) >= 11 is 0. The van der Waals surface area contributed by atoms with E-state index in [9.17, 15) is 23.7 Å². The summed E-state index contributed by atoms with van der Waals surface area (Å²) in [6.07, 6.45) is -3.05. The van der Waals surface area contributed by atoms with E-state index in [1.165, 1.54) is 6.92 Å². The molecule has 0 saturated carbocycles. The molecule has 0 bridgehead atoms. The van der Waals surface area contributed by atoms with Gasteiger partial charge in [0, 0.05) is 6.07 Å². The summed E-state index contributed by atoms with van der Waals surface area (Å²) in [5, 5.41) is 10.5. The van der Waals surface area contributed by atoms with Gasteiger partial charge in [0.2, 0.25) is 0 Å². The van der Waals surface area contributed by atoms with E-state index >= 15 is 0 Å². The summed E-state index contributed by atoms with van der Waals surface area (Å²) in [6, 6.07) is 0.618. The smallest absolute Gasteiger partial charge is 0.290 e. The van der Waals surface area contributed by atoms with E-state index in [0.717, 1.165) is 0 Å². The van der Waals surface area contributed by atoms with E-state index in [1.807, 2.05) is 0 Å². The van der Waals surface area contributed by atoms with E-state index in [1.54, 1.807) is 0 Å². The standard InChI is InChI=1S/C8H7F2N3O3/c1-3-5(13(15)16)2-4(7(9)10)6(12-3)8(11)14/h2,7H,1H3,(H2,11,14).